The lowest BCUT2D eigenvalue weighted by Crippen LogP contribution is -2.13. The molecule has 2 aromatic rings. The van der Waals surface area contributed by atoms with Crippen molar-refractivity contribution in [2.75, 3.05) is 6.61 Å². The molecule has 0 radical (unpaired) electrons. The Kier molecular flexibility index (Phi) is 13.4. The summed E-state index contributed by atoms with van der Waals surface area (Å²) < 4.78 is 20.5. The summed E-state index contributed by atoms with van der Waals surface area (Å²) in [6, 6.07) is 9.34. The van der Waals surface area contributed by atoms with E-state index in [9.17, 15) is 4.39 Å². The molecule has 1 aliphatic carbocycles. The Morgan fingerprint density at radius 2 is 1.44 bits per heavy atom. The lowest BCUT2D eigenvalue weighted by molar-refractivity contribution is 0.301. The van der Waals surface area contributed by atoms with Crippen LogP contribution in [-0.2, 0) is 0 Å². The zero-order valence-corrected chi connectivity index (χ0v) is 23.1. The van der Waals surface area contributed by atoms with E-state index in [0.29, 0.717) is 29.5 Å². The molecule has 3 rings (SSSR count). The van der Waals surface area contributed by atoms with Crippen LogP contribution in [-0.4, -0.2) is 11.6 Å². The highest BCUT2D eigenvalue weighted by Gasteiger charge is 2.22. The summed E-state index contributed by atoms with van der Waals surface area (Å²) in [7, 11) is 0. The van der Waals surface area contributed by atoms with Crippen LogP contribution in [0.5, 0.6) is 5.75 Å². The van der Waals surface area contributed by atoms with Gasteiger partial charge in [0.15, 0.2) is 0 Å². The van der Waals surface area contributed by atoms with Gasteiger partial charge in [0.25, 0.3) is 0 Å². The average molecular weight is 496 g/mol. The SMILES string of the molecule is CCCCCCCCC[C@H]1CC[C@H](c2ccc(-c3ccc(OCCCCCCC)cc3F)nc2)CC1. The molecule has 0 saturated heterocycles. The van der Waals surface area contributed by atoms with E-state index in [1.165, 1.54) is 114 Å². The maximum Gasteiger partial charge on any atom is 0.136 e. The highest BCUT2D eigenvalue weighted by Crippen LogP contribution is 2.38. The van der Waals surface area contributed by atoms with Gasteiger partial charge in [0, 0.05) is 17.8 Å². The molecule has 0 spiro atoms. The van der Waals surface area contributed by atoms with Crippen LogP contribution in [0, 0.1) is 11.7 Å². The predicted molar refractivity (Wildman–Crippen MR) is 151 cm³/mol. The predicted octanol–water partition coefficient (Wildman–Crippen LogP) is 10.7. The summed E-state index contributed by atoms with van der Waals surface area (Å²) >= 11 is 0. The van der Waals surface area contributed by atoms with E-state index in [2.05, 4.69) is 24.9 Å². The van der Waals surface area contributed by atoms with E-state index in [0.717, 1.165) is 12.3 Å². The molecule has 0 amide bonds. The van der Waals surface area contributed by atoms with Gasteiger partial charge in [-0.15, -0.1) is 0 Å². The van der Waals surface area contributed by atoms with Crippen LogP contribution in [0.25, 0.3) is 11.3 Å². The third-order valence-electron chi connectivity index (χ3n) is 8.05. The Balaban J connectivity index is 1.39. The summed E-state index contributed by atoms with van der Waals surface area (Å²) in [5.74, 6) is 1.87. The summed E-state index contributed by atoms with van der Waals surface area (Å²) in [5, 5.41) is 0. The number of aromatic nitrogens is 1. The Hall–Kier alpha value is -1.90. The number of halogens is 1. The van der Waals surface area contributed by atoms with Crippen molar-refractivity contribution in [3.8, 4) is 17.0 Å². The second-order valence-electron chi connectivity index (χ2n) is 11.0. The molecule has 1 fully saturated rings. The number of hydrogen-bond acceptors (Lipinski definition) is 2. The fourth-order valence-electron chi connectivity index (χ4n) is 5.67. The van der Waals surface area contributed by atoms with Crippen molar-refractivity contribution >= 4 is 0 Å². The molecule has 36 heavy (non-hydrogen) atoms. The number of hydrogen-bond donors (Lipinski definition) is 0. The van der Waals surface area contributed by atoms with Crippen molar-refractivity contribution in [2.45, 2.75) is 129 Å². The van der Waals surface area contributed by atoms with Crippen molar-refractivity contribution in [1.29, 1.82) is 0 Å². The van der Waals surface area contributed by atoms with Gasteiger partial charge >= 0.3 is 0 Å². The van der Waals surface area contributed by atoms with E-state index in [-0.39, 0.29) is 5.82 Å². The van der Waals surface area contributed by atoms with Gasteiger partial charge in [-0.1, -0.05) is 97.0 Å². The first-order valence-corrected chi connectivity index (χ1v) is 15.1. The maximum atomic E-state index is 14.8. The van der Waals surface area contributed by atoms with E-state index < -0.39 is 0 Å². The van der Waals surface area contributed by atoms with Crippen LogP contribution in [0.1, 0.15) is 134 Å². The van der Waals surface area contributed by atoms with Gasteiger partial charge in [0.1, 0.15) is 11.6 Å². The molecule has 1 aromatic heterocycles. The van der Waals surface area contributed by atoms with Crippen molar-refractivity contribution in [3.05, 3.63) is 47.9 Å². The van der Waals surface area contributed by atoms with Crippen LogP contribution in [0.15, 0.2) is 36.5 Å². The van der Waals surface area contributed by atoms with Gasteiger partial charge in [-0.3, -0.25) is 4.98 Å². The minimum absolute atomic E-state index is 0.260. The number of nitrogens with zero attached hydrogens (tertiary/aromatic N) is 1. The zero-order valence-electron chi connectivity index (χ0n) is 23.1. The topological polar surface area (TPSA) is 22.1 Å². The first-order chi connectivity index (χ1) is 17.7. The van der Waals surface area contributed by atoms with Crippen LogP contribution in [0.4, 0.5) is 4.39 Å². The largest absolute Gasteiger partial charge is 0.493 e. The number of rotatable bonds is 17. The van der Waals surface area contributed by atoms with Crippen molar-refractivity contribution in [2.24, 2.45) is 5.92 Å². The normalized spacial score (nSPS) is 17.9. The van der Waals surface area contributed by atoms with Gasteiger partial charge in [-0.2, -0.15) is 0 Å². The lowest BCUT2D eigenvalue weighted by atomic mass is 9.77. The van der Waals surface area contributed by atoms with Crippen LogP contribution in [0.2, 0.25) is 0 Å². The first-order valence-electron chi connectivity index (χ1n) is 15.1. The van der Waals surface area contributed by atoms with Gasteiger partial charge < -0.3 is 4.74 Å². The fourth-order valence-corrected chi connectivity index (χ4v) is 5.67. The Labute approximate surface area is 220 Å². The molecule has 0 atom stereocenters. The summed E-state index contributed by atoms with van der Waals surface area (Å²) in [5.41, 5.74) is 2.57. The monoisotopic (exact) mass is 495 g/mol. The van der Waals surface area contributed by atoms with Crippen molar-refractivity contribution in [1.82, 2.24) is 4.98 Å². The maximum absolute atomic E-state index is 14.8. The van der Waals surface area contributed by atoms with E-state index in [4.69, 9.17) is 4.74 Å². The molecule has 1 aliphatic rings. The standard InChI is InChI=1S/C33H50FNO/c1-3-5-7-9-10-11-13-15-27-16-18-28(19-17-27)29-20-23-33(35-26-29)31-22-21-30(25-32(31)34)36-24-14-12-8-6-4-2/h20-23,25-28H,3-19,24H2,1-2H3/t27-,28-. The number of pyridine rings is 1. The van der Waals surface area contributed by atoms with Crippen LogP contribution in [0.3, 0.4) is 0 Å². The van der Waals surface area contributed by atoms with Gasteiger partial charge in [0.05, 0.1) is 12.3 Å². The lowest BCUT2D eigenvalue weighted by Gasteiger charge is -2.28. The minimum atomic E-state index is -0.260. The minimum Gasteiger partial charge on any atom is -0.493 e. The molecule has 1 heterocycles. The molecule has 3 heteroatoms. The average Bonchev–Trinajstić information content (AvgIpc) is 2.91. The highest BCUT2D eigenvalue weighted by atomic mass is 19.1. The molecular weight excluding hydrogens is 445 g/mol. The van der Waals surface area contributed by atoms with Crippen molar-refractivity contribution < 1.29 is 9.13 Å². The summed E-state index contributed by atoms with van der Waals surface area (Å²) in [6.07, 6.45) is 24.4. The number of ether oxygens (including phenoxy) is 1. The highest BCUT2D eigenvalue weighted by molar-refractivity contribution is 5.61. The van der Waals surface area contributed by atoms with E-state index >= 15 is 0 Å². The van der Waals surface area contributed by atoms with E-state index in [1.54, 1.807) is 6.07 Å². The van der Waals surface area contributed by atoms with Gasteiger partial charge in [0.2, 0.25) is 0 Å². The quantitative estimate of drug-likeness (QED) is 0.204. The third kappa shape index (κ3) is 9.87. The van der Waals surface area contributed by atoms with E-state index in [1.807, 2.05) is 18.3 Å². The molecule has 1 saturated carbocycles. The molecule has 0 bridgehead atoms. The second kappa shape index (κ2) is 16.8. The Bertz CT molecular complexity index is 841. The smallest absolute Gasteiger partial charge is 0.136 e. The second-order valence-corrected chi connectivity index (χ2v) is 11.0. The van der Waals surface area contributed by atoms with Gasteiger partial charge in [-0.25, -0.2) is 4.39 Å². The van der Waals surface area contributed by atoms with Crippen molar-refractivity contribution in [3.63, 3.8) is 0 Å². The van der Waals surface area contributed by atoms with Crippen LogP contribution < -0.4 is 4.74 Å². The number of benzene rings is 1. The molecule has 0 unspecified atom stereocenters. The molecule has 0 N–H and O–H groups in total. The summed E-state index contributed by atoms with van der Waals surface area (Å²) in [4.78, 5) is 4.65. The fraction of sp³-hybridized carbons (Fsp3) is 0.667. The number of unbranched alkanes of at least 4 members (excludes halogenated alkanes) is 10. The first kappa shape index (κ1) is 28.7. The van der Waals surface area contributed by atoms with Gasteiger partial charge in [-0.05, 0) is 67.7 Å². The third-order valence-corrected chi connectivity index (χ3v) is 8.05. The molecular formula is C33H50FNO. The molecule has 2 nitrogen and oxygen atoms in total. The Morgan fingerprint density at radius 1 is 0.778 bits per heavy atom. The Morgan fingerprint density at radius 3 is 2.08 bits per heavy atom. The summed E-state index contributed by atoms with van der Waals surface area (Å²) in [6.45, 7) is 5.15. The van der Waals surface area contributed by atoms with Crippen LogP contribution >= 0.6 is 0 Å². The zero-order chi connectivity index (χ0) is 25.4. The molecule has 200 valence electrons. The molecule has 1 aromatic carbocycles. The molecule has 0 aliphatic heterocycles.